The molecule has 2 rings (SSSR count). The van der Waals surface area contributed by atoms with Gasteiger partial charge in [-0.15, -0.1) is 0 Å². The van der Waals surface area contributed by atoms with Crippen molar-refractivity contribution in [1.29, 1.82) is 0 Å². The maximum atomic E-state index is 11.5. The molecule has 0 aliphatic rings. The van der Waals surface area contributed by atoms with Gasteiger partial charge in [-0.25, -0.2) is 8.42 Å². The van der Waals surface area contributed by atoms with Crippen molar-refractivity contribution in [3.63, 3.8) is 0 Å². The van der Waals surface area contributed by atoms with Gasteiger partial charge >= 0.3 is 0 Å². The Labute approximate surface area is 125 Å². The average molecular weight is 304 g/mol. The molecule has 0 fully saturated rings. The second-order valence-electron chi connectivity index (χ2n) is 5.43. The van der Waals surface area contributed by atoms with Crippen molar-refractivity contribution < 1.29 is 8.42 Å². The van der Waals surface area contributed by atoms with E-state index in [1.54, 1.807) is 12.1 Å². The molecule has 3 N–H and O–H groups in total. The number of benzene rings is 2. The predicted molar refractivity (Wildman–Crippen MR) is 87.8 cm³/mol. The molecular formula is C16H20N2O2S. The number of anilines is 3. The molecule has 2 aromatic carbocycles. The summed E-state index contributed by atoms with van der Waals surface area (Å²) in [5, 5.41) is 3.23. The summed E-state index contributed by atoms with van der Waals surface area (Å²) in [7, 11) is -3.24. The molecule has 0 saturated heterocycles. The monoisotopic (exact) mass is 304 g/mol. The highest BCUT2D eigenvalue weighted by Gasteiger charge is 2.10. The molecule has 0 bridgehead atoms. The Balaban J connectivity index is 2.30. The number of rotatable bonds is 4. The highest BCUT2D eigenvalue weighted by Crippen LogP contribution is 2.27. The maximum Gasteiger partial charge on any atom is 0.175 e. The molecule has 112 valence electrons. The van der Waals surface area contributed by atoms with Crippen LogP contribution in [-0.4, -0.2) is 14.7 Å². The Kier molecular flexibility index (Phi) is 4.23. The Morgan fingerprint density at radius 3 is 2.38 bits per heavy atom. The molecule has 2 aromatic rings. The van der Waals surface area contributed by atoms with Crippen LogP contribution in [-0.2, 0) is 9.84 Å². The first kappa shape index (κ1) is 15.4. The summed E-state index contributed by atoms with van der Waals surface area (Å²) >= 11 is 0. The van der Waals surface area contributed by atoms with Crippen molar-refractivity contribution in [3.05, 3.63) is 48.0 Å². The van der Waals surface area contributed by atoms with Crippen LogP contribution in [0.1, 0.15) is 25.3 Å². The lowest BCUT2D eigenvalue weighted by atomic mass is 10.0. The van der Waals surface area contributed by atoms with E-state index < -0.39 is 9.84 Å². The molecule has 0 aliphatic heterocycles. The van der Waals surface area contributed by atoms with E-state index >= 15 is 0 Å². The fourth-order valence-electron chi connectivity index (χ4n) is 2.02. The first-order chi connectivity index (χ1) is 9.77. The summed E-state index contributed by atoms with van der Waals surface area (Å²) < 4.78 is 23.0. The molecule has 4 nitrogen and oxygen atoms in total. The number of nitrogens with one attached hydrogen (secondary N) is 1. The smallest absolute Gasteiger partial charge is 0.175 e. The van der Waals surface area contributed by atoms with Crippen molar-refractivity contribution in [2.75, 3.05) is 17.3 Å². The van der Waals surface area contributed by atoms with E-state index in [-0.39, 0.29) is 4.90 Å². The van der Waals surface area contributed by atoms with Crippen LogP contribution in [0.15, 0.2) is 47.4 Å². The molecular weight excluding hydrogens is 284 g/mol. The van der Waals surface area contributed by atoms with E-state index in [9.17, 15) is 8.42 Å². The molecule has 0 radical (unpaired) electrons. The van der Waals surface area contributed by atoms with Gasteiger partial charge in [-0.1, -0.05) is 26.0 Å². The van der Waals surface area contributed by atoms with Crippen LogP contribution in [0.3, 0.4) is 0 Å². The molecule has 0 spiro atoms. The van der Waals surface area contributed by atoms with E-state index in [2.05, 4.69) is 31.3 Å². The molecule has 0 amide bonds. The van der Waals surface area contributed by atoms with Crippen LogP contribution in [0.25, 0.3) is 0 Å². The minimum absolute atomic E-state index is 0.224. The number of sulfone groups is 1. The quantitative estimate of drug-likeness (QED) is 0.847. The minimum atomic E-state index is -3.24. The lowest BCUT2D eigenvalue weighted by Gasteiger charge is -2.13. The van der Waals surface area contributed by atoms with Crippen molar-refractivity contribution in [2.24, 2.45) is 0 Å². The minimum Gasteiger partial charge on any atom is -0.397 e. The zero-order chi connectivity index (χ0) is 15.6. The van der Waals surface area contributed by atoms with Crippen molar-refractivity contribution in [2.45, 2.75) is 24.7 Å². The Hall–Kier alpha value is -2.01. The summed E-state index contributed by atoms with van der Waals surface area (Å²) in [6.07, 6.45) is 1.17. The predicted octanol–water partition coefficient (Wildman–Crippen LogP) is 3.54. The van der Waals surface area contributed by atoms with Crippen molar-refractivity contribution >= 4 is 26.9 Å². The van der Waals surface area contributed by atoms with Crippen LogP contribution in [0.2, 0.25) is 0 Å². The Morgan fingerprint density at radius 2 is 1.81 bits per heavy atom. The van der Waals surface area contributed by atoms with E-state index in [4.69, 9.17) is 5.73 Å². The second kappa shape index (κ2) is 5.77. The van der Waals surface area contributed by atoms with Gasteiger partial charge in [0.1, 0.15) is 0 Å². The van der Waals surface area contributed by atoms with E-state index in [0.29, 0.717) is 17.3 Å². The first-order valence-corrected chi connectivity index (χ1v) is 8.63. The van der Waals surface area contributed by atoms with Gasteiger partial charge in [-0.05, 0) is 41.8 Å². The lowest BCUT2D eigenvalue weighted by Crippen LogP contribution is -2.01. The standard InChI is InChI=1S/C16H20N2O2S/c1-11(2)12-5-4-6-13(9-12)18-16-8-7-14(10-15(16)17)21(3,19)20/h4-11,18H,17H2,1-3H3. The normalized spacial score (nSPS) is 11.6. The van der Waals surface area contributed by atoms with Gasteiger partial charge in [0.25, 0.3) is 0 Å². The Bertz CT molecular complexity index is 753. The zero-order valence-corrected chi connectivity index (χ0v) is 13.2. The van der Waals surface area contributed by atoms with Crippen LogP contribution in [0, 0.1) is 0 Å². The molecule has 5 heteroatoms. The average Bonchev–Trinajstić information content (AvgIpc) is 2.40. The van der Waals surface area contributed by atoms with Gasteiger partial charge in [0, 0.05) is 11.9 Å². The third-order valence-electron chi connectivity index (χ3n) is 3.28. The maximum absolute atomic E-state index is 11.5. The van der Waals surface area contributed by atoms with E-state index in [0.717, 1.165) is 5.69 Å². The zero-order valence-electron chi connectivity index (χ0n) is 12.4. The molecule has 0 aromatic heterocycles. The van der Waals surface area contributed by atoms with Crippen LogP contribution >= 0.6 is 0 Å². The fourth-order valence-corrected chi connectivity index (χ4v) is 2.67. The highest BCUT2D eigenvalue weighted by molar-refractivity contribution is 7.90. The molecule has 0 saturated carbocycles. The van der Waals surface area contributed by atoms with Crippen LogP contribution < -0.4 is 11.1 Å². The fraction of sp³-hybridized carbons (Fsp3) is 0.250. The lowest BCUT2D eigenvalue weighted by molar-refractivity contribution is 0.602. The molecule has 21 heavy (non-hydrogen) atoms. The van der Waals surface area contributed by atoms with Gasteiger partial charge in [-0.2, -0.15) is 0 Å². The molecule has 0 heterocycles. The number of nitrogens with two attached hydrogens (primary N) is 1. The molecule has 0 unspecified atom stereocenters. The van der Waals surface area contributed by atoms with Crippen LogP contribution in [0.5, 0.6) is 0 Å². The Morgan fingerprint density at radius 1 is 1.10 bits per heavy atom. The SMILES string of the molecule is CC(C)c1cccc(Nc2ccc(S(C)(=O)=O)cc2N)c1. The van der Waals surface area contributed by atoms with E-state index in [1.807, 2.05) is 12.1 Å². The summed E-state index contributed by atoms with van der Waals surface area (Å²) in [6.45, 7) is 4.27. The van der Waals surface area contributed by atoms with E-state index in [1.165, 1.54) is 17.9 Å². The third kappa shape index (κ3) is 3.76. The van der Waals surface area contributed by atoms with Gasteiger partial charge in [0.2, 0.25) is 0 Å². The topological polar surface area (TPSA) is 72.2 Å². The summed E-state index contributed by atoms with van der Waals surface area (Å²) in [6, 6.07) is 12.8. The van der Waals surface area contributed by atoms with Gasteiger partial charge in [-0.3, -0.25) is 0 Å². The number of hydrogen-bond donors (Lipinski definition) is 2. The van der Waals surface area contributed by atoms with Crippen molar-refractivity contribution in [3.8, 4) is 0 Å². The van der Waals surface area contributed by atoms with Gasteiger partial charge in [0.15, 0.2) is 9.84 Å². The van der Waals surface area contributed by atoms with Crippen molar-refractivity contribution in [1.82, 2.24) is 0 Å². The summed E-state index contributed by atoms with van der Waals surface area (Å²) in [5.41, 5.74) is 9.20. The number of hydrogen-bond acceptors (Lipinski definition) is 4. The van der Waals surface area contributed by atoms with Gasteiger partial charge < -0.3 is 11.1 Å². The van der Waals surface area contributed by atoms with Gasteiger partial charge in [0.05, 0.1) is 16.3 Å². The first-order valence-electron chi connectivity index (χ1n) is 6.74. The summed E-state index contributed by atoms with van der Waals surface area (Å²) in [4.78, 5) is 0.224. The largest absolute Gasteiger partial charge is 0.397 e. The molecule has 0 atom stereocenters. The summed E-state index contributed by atoms with van der Waals surface area (Å²) in [5.74, 6) is 0.441. The third-order valence-corrected chi connectivity index (χ3v) is 4.39. The second-order valence-corrected chi connectivity index (χ2v) is 7.44. The van der Waals surface area contributed by atoms with Crippen LogP contribution in [0.4, 0.5) is 17.1 Å². The number of nitrogen functional groups attached to an aromatic ring is 1. The molecule has 0 aliphatic carbocycles. The highest BCUT2D eigenvalue weighted by atomic mass is 32.2.